The number of hydrogen-bond donors (Lipinski definition) is 2. The molecule has 0 aliphatic rings. The van der Waals surface area contributed by atoms with Gasteiger partial charge in [-0.3, -0.25) is 10.1 Å². The summed E-state index contributed by atoms with van der Waals surface area (Å²) in [6.07, 6.45) is 0.706. The fraction of sp³-hybridized carbons (Fsp3) is 0.400. The first-order chi connectivity index (χ1) is 13.7. The minimum Gasteiger partial charge on any atom is -0.494 e. The van der Waals surface area contributed by atoms with Crippen molar-refractivity contribution in [3.8, 4) is 5.75 Å². The molecule has 0 aliphatic heterocycles. The molecule has 0 saturated carbocycles. The van der Waals surface area contributed by atoms with Gasteiger partial charge in [0.2, 0.25) is 10.0 Å². The molecule has 0 spiro atoms. The summed E-state index contributed by atoms with van der Waals surface area (Å²) in [4.78, 5) is 10.9. The molecule has 0 fully saturated rings. The minimum atomic E-state index is -3.79. The Hall–Kier alpha value is -2.65. The standard InChI is InChI=1S/C20H27N3O5S/c1-5-28-20-9-7-6-8-16(20)18(12-14(2)3)22-17-11-10-15(29(26,27)21-4)13-19(17)23(24)25/h6-11,13-14,18,21-22H,5,12H2,1-4H3/t18-/m0/s1. The second kappa shape index (κ2) is 9.71. The number of ether oxygens (including phenoxy) is 1. The summed E-state index contributed by atoms with van der Waals surface area (Å²) in [6, 6.07) is 11.2. The van der Waals surface area contributed by atoms with Crippen molar-refractivity contribution in [3.05, 3.63) is 58.1 Å². The first-order valence-electron chi connectivity index (χ1n) is 9.39. The molecule has 2 N–H and O–H groups in total. The van der Waals surface area contributed by atoms with Crippen LogP contribution in [0.5, 0.6) is 5.75 Å². The van der Waals surface area contributed by atoms with Crippen molar-refractivity contribution in [2.45, 2.75) is 38.1 Å². The third kappa shape index (κ3) is 5.68. The lowest BCUT2D eigenvalue weighted by molar-refractivity contribution is -0.384. The van der Waals surface area contributed by atoms with Crippen LogP contribution >= 0.6 is 0 Å². The summed E-state index contributed by atoms with van der Waals surface area (Å²) in [6.45, 7) is 6.53. The summed E-state index contributed by atoms with van der Waals surface area (Å²) in [5.41, 5.74) is 0.843. The van der Waals surface area contributed by atoms with E-state index in [-0.39, 0.29) is 22.3 Å². The van der Waals surface area contributed by atoms with Gasteiger partial charge >= 0.3 is 0 Å². The number of nitro benzene ring substituents is 1. The molecule has 0 bridgehead atoms. The van der Waals surface area contributed by atoms with Crippen LogP contribution in [0.4, 0.5) is 11.4 Å². The molecule has 2 aromatic carbocycles. The van der Waals surface area contributed by atoms with Gasteiger partial charge in [0.1, 0.15) is 11.4 Å². The number of benzene rings is 2. The van der Waals surface area contributed by atoms with Gasteiger partial charge in [0.15, 0.2) is 0 Å². The number of para-hydroxylation sites is 1. The minimum absolute atomic E-state index is 0.160. The fourth-order valence-corrected chi connectivity index (χ4v) is 3.80. The van der Waals surface area contributed by atoms with Crippen LogP contribution in [0.15, 0.2) is 47.4 Å². The van der Waals surface area contributed by atoms with Crippen LogP contribution in [0.25, 0.3) is 0 Å². The fourth-order valence-electron chi connectivity index (χ4n) is 3.05. The Kier molecular flexibility index (Phi) is 7.58. The SMILES string of the molecule is CCOc1ccccc1[C@H](CC(C)C)Nc1ccc(S(=O)(=O)NC)cc1[N+](=O)[O-]. The van der Waals surface area contributed by atoms with Gasteiger partial charge in [-0.05, 0) is 44.5 Å². The molecule has 8 nitrogen and oxygen atoms in total. The molecule has 0 heterocycles. The normalized spacial score (nSPS) is 12.6. The number of hydrogen-bond acceptors (Lipinski definition) is 6. The summed E-state index contributed by atoms with van der Waals surface area (Å²) < 4.78 is 31.9. The van der Waals surface area contributed by atoms with Crippen molar-refractivity contribution in [3.63, 3.8) is 0 Å². The highest BCUT2D eigenvalue weighted by molar-refractivity contribution is 7.89. The zero-order valence-corrected chi connectivity index (χ0v) is 17.8. The van der Waals surface area contributed by atoms with Crippen LogP contribution in [0, 0.1) is 16.0 Å². The number of nitrogens with zero attached hydrogens (tertiary/aromatic N) is 1. The average molecular weight is 422 g/mol. The molecule has 0 unspecified atom stereocenters. The number of rotatable bonds is 10. The third-order valence-electron chi connectivity index (χ3n) is 4.38. The topological polar surface area (TPSA) is 111 Å². The molecular weight excluding hydrogens is 394 g/mol. The maximum absolute atomic E-state index is 12.0. The third-order valence-corrected chi connectivity index (χ3v) is 5.79. The van der Waals surface area contributed by atoms with E-state index in [1.807, 2.05) is 31.2 Å². The van der Waals surface area contributed by atoms with Gasteiger partial charge in [-0.2, -0.15) is 0 Å². The van der Waals surface area contributed by atoms with E-state index in [0.29, 0.717) is 24.7 Å². The zero-order valence-electron chi connectivity index (χ0n) is 17.0. The van der Waals surface area contributed by atoms with Crippen molar-refractivity contribution in [2.24, 2.45) is 5.92 Å². The maximum Gasteiger partial charge on any atom is 0.293 e. The number of nitrogens with one attached hydrogen (secondary N) is 2. The van der Waals surface area contributed by atoms with Crippen molar-refractivity contribution in [1.29, 1.82) is 0 Å². The van der Waals surface area contributed by atoms with Gasteiger partial charge in [-0.1, -0.05) is 32.0 Å². The molecule has 0 radical (unpaired) electrons. The molecule has 29 heavy (non-hydrogen) atoms. The van der Waals surface area contributed by atoms with Gasteiger partial charge in [0, 0.05) is 11.6 Å². The monoisotopic (exact) mass is 421 g/mol. The Labute approximate surface area is 171 Å². The first-order valence-corrected chi connectivity index (χ1v) is 10.9. The Bertz CT molecular complexity index is 960. The predicted octanol–water partition coefficient (Wildman–Crippen LogP) is 4.10. The van der Waals surface area contributed by atoms with E-state index in [2.05, 4.69) is 23.9 Å². The van der Waals surface area contributed by atoms with E-state index in [4.69, 9.17) is 4.74 Å². The lowest BCUT2D eigenvalue weighted by atomic mass is 9.95. The molecule has 0 aliphatic carbocycles. The van der Waals surface area contributed by atoms with Crippen LogP contribution in [0.3, 0.4) is 0 Å². The van der Waals surface area contributed by atoms with Crippen molar-refractivity contribution >= 4 is 21.4 Å². The Morgan fingerprint density at radius 2 is 1.86 bits per heavy atom. The van der Waals surface area contributed by atoms with Crippen LogP contribution in [-0.4, -0.2) is 27.0 Å². The molecule has 2 rings (SSSR count). The highest BCUT2D eigenvalue weighted by Crippen LogP contribution is 2.36. The van der Waals surface area contributed by atoms with Crippen molar-refractivity contribution < 1.29 is 18.1 Å². The quantitative estimate of drug-likeness (QED) is 0.441. The van der Waals surface area contributed by atoms with Crippen molar-refractivity contribution in [1.82, 2.24) is 4.72 Å². The van der Waals surface area contributed by atoms with E-state index in [1.54, 1.807) is 0 Å². The lowest BCUT2D eigenvalue weighted by Gasteiger charge is -2.24. The van der Waals surface area contributed by atoms with Crippen molar-refractivity contribution in [2.75, 3.05) is 19.0 Å². The van der Waals surface area contributed by atoms with Gasteiger partial charge < -0.3 is 10.1 Å². The second-order valence-electron chi connectivity index (χ2n) is 6.94. The largest absolute Gasteiger partial charge is 0.494 e. The highest BCUT2D eigenvalue weighted by atomic mass is 32.2. The van der Waals surface area contributed by atoms with Crippen LogP contribution < -0.4 is 14.8 Å². The van der Waals surface area contributed by atoms with Crippen LogP contribution in [0.2, 0.25) is 0 Å². The Morgan fingerprint density at radius 1 is 1.17 bits per heavy atom. The number of nitro groups is 1. The van der Waals surface area contributed by atoms with Gasteiger partial charge in [-0.15, -0.1) is 0 Å². The van der Waals surface area contributed by atoms with E-state index in [1.165, 1.54) is 19.2 Å². The predicted molar refractivity (Wildman–Crippen MR) is 113 cm³/mol. The van der Waals surface area contributed by atoms with Gasteiger partial charge in [-0.25, -0.2) is 13.1 Å². The number of sulfonamides is 1. The highest BCUT2D eigenvalue weighted by Gasteiger charge is 2.24. The molecule has 0 aromatic heterocycles. The zero-order chi connectivity index (χ0) is 21.6. The molecule has 158 valence electrons. The average Bonchev–Trinajstić information content (AvgIpc) is 2.67. The van der Waals surface area contributed by atoms with Gasteiger partial charge in [0.25, 0.3) is 5.69 Å². The second-order valence-corrected chi connectivity index (χ2v) is 8.83. The summed E-state index contributed by atoms with van der Waals surface area (Å²) in [7, 11) is -2.53. The van der Waals surface area contributed by atoms with Crippen LogP contribution in [-0.2, 0) is 10.0 Å². The molecule has 2 aromatic rings. The Morgan fingerprint density at radius 3 is 2.45 bits per heavy atom. The molecule has 1 atom stereocenters. The molecule has 0 amide bonds. The molecular formula is C20H27N3O5S. The smallest absolute Gasteiger partial charge is 0.293 e. The van der Waals surface area contributed by atoms with Crippen LogP contribution in [0.1, 0.15) is 38.8 Å². The van der Waals surface area contributed by atoms with E-state index >= 15 is 0 Å². The summed E-state index contributed by atoms with van der Waals surface area (Å²) in [5, 5.41) is 14.9. The van der Waals surface area contributed by atoms with E-state index in [0.717, 1.165) is 11.6 Å². The van der Waals surface area contributed by atoms with E-state index < -0.39 is 14.9 Å². The first kappa shape index (κ1) is 22.6. The molecule has 9 heteroatoms. The summed E-state index contributed by atoms with van der Waals surface area (Å²) >= 11 is 0. The Balaban J connectivity index is 2.50. The maximum atomic E-state index is 12.0. The summed E-state index contributed by atoms with van der Waals surface area (Å²) in [5.74, 6) is 1.02. The van der Waals surface area contributed by atoms with Gasteiger partial charge in [0.05, 0.1) is 22.5 Å². The lowest BCUT2D eigenvalue weighted by Crippen LogP contribution is -2.19. The number of anilines is 1. The molecule has 0 saturated heterocycles. The van der Waals surface area contributed by atoms with E-state index in [9.17, 15) is 18.5 Å².